The highest BCUT2D eigenvalue weighted by Crippen LogP contribution is 2.19. The van der Waals surface area contributed by atoms with E-state index in [2.05, 4.69) is 4.98 Å². The third kappa shape index (κ3) is 4.71. The molecule has 1 saturated heterocycles. The summed E-state index contributed by atoms with van der Waals surface area (Å²) >= 11 is 5.99. The van der Waals surface area contributed by atoms with Gasteiger partial charge in [0, 0.05) is 30.4 Å². The van der Waals surface area contributed by atoms with Crippen LogP contribution in [0.15, 0.2) is 48.8 Å². The lowest BCUT2D eigenvalue weighted by molar-refractivity contribution is -0.133. The number of ether oxygens (including phenoxy) is 1. The Balaban J connectivity index is 1.51. The SMILES string of the molecule is O=C(CCc1cccc(Cl)c1)N1CCC[C@H](Oc2ccncc2)C1. The first-order chi connectivity index (χ1) is 11.7. The summed E-state index contributed by atoms with van der Waals surface area (Å²) in [5, 5.41) is 0.712. The first-order valence-electron chi connectivity index (χ1n) is 8.29. The predicted molar refractivity (Wildman–Crippen MR) is 94.2 cm³/mol. The van der Waals surface area contributed by atoms with Crippen LogP contribution < -0.4 is 4.74 Å². The van der Waals surface area contributed by atoms with Gasteiger partial charge < -0.3 is 9.64 Å². The number of hydrogen-bond acceptors (Lipinski definition) is 3. The third-order valence-corrected chi connectivity index (χ3v) is 4.44. The minimum absolute atomic E-state index is 0.0521. The molecule has 0 saturated carbocycles. The van der Waals surface area contributed by atoms with Crippen LogP contribution in [0.3, 0.4) is 0 Å². The molecular formula is C19H21ClN2O2. The summed E-state index contributed by atoms with van der Waals surface area (Å²) in [6.07, 6.45) is 6.64. The van der Waals surface area contributed by atoms with Gasteiger partial charge in [0.05, 0.1) is 6.54 Å². The highest BCUT2D eigenvalue weighted by molar-refractivity contribution is 6.30. The molecule has 0 unspecified atom stereocenters. The summed E-state index contributed by atoms with van der Waals surface area (Å²) in [6, 6.07) is 11.4. The van der Waals surface area contributed by atoms with Crippen LogP contribution in [0.4, 0.5) is 0 Å². The quantitative estimate of drug-likeness (QED) is 0.829. The van der Waals surface area contributed by atoms with E-state index in [0.717, 1.165) is 30.7 Å². The average molecular weight is 345 g/mol. The van der Waals surface area contributed by atoms with Gasteiger partial charge in [-0.1, -0.05) is 23.7 Å². The van der Waals surface area contributed by atoms with Gasteiger partial charge in [-0.3, -0.25) is 9.78 Å². The van der Waals surface area contributed by atoms with Crippen molar-refractivity contribution >= 4 is 17.5 Å². The van der Waals surface area contributed by atoms with Crippen molar-refractivity contribution in [3.63, 3.8) is 0 Å². The van der Waals surface area contributed by atoms with E-state index in [1.54, 1.807) is 12.4 Å². The van der Waals surface area contributed by atoms with Gasteiger partial charge in [0.2, 0.25) is 5.91 Å². The number of rotatable bonds is 5. The molecule has 0 N–H and O–H groups in total. The van der Waals surface area contributed by atoms with Gasteiger partial charge in [-0.2, -0.15) is 0 Å². The molecule has 24 heavy (non-hydrogen) atoms. The lowest BCUT2D eigenvalue weighted by Gasteiger charge is -2.33. The van der Waals surface area contributed by atoms with E-state index < -0.39 is 0 Å². The zero-order valence-corrected chi connectivity index (χ0v) is 14.3. The molecule has 2 heterocycles. The van der Waals surface area contributed by atoms with Crippen LogP contribution in [0.5, 0.6) is 5.75 Å². The Kier molecular flexibility index (Phi) is 5.70. The fourth-order valence-corrected chi connectivity index (χ4v) is 3.18. The zero-order chi connectivity index (χ0) is 16.8. The molecule has 1 aliphatic rings. The van der Waals surface area contributed by atoms with E-state index in [1.807, 2.05) is 41.3 Å². The second-order valence-corrected chi connectivity index (χ2v) is 6.47. The maximum Gasteiger partial charge on any atom is 0.223 e. The number of carbonyl (C=O) groups excluding carboxylic acids is 1. The largest absolute Gasteiger partial charge is 0.488 e. The van der Waals surface area contributed by atoms with Crippen molar-refractivity contribution in [1.29, 1.82) is 0 Å². The summed E-state index contributed by atoms with van der Waals surface area (Å²) in [4.78, 5) is 18.4. The Hall–Kier alpha value is -2.07. The van der Waals surface area contributed by atoms with Gasteiger partial charge >= 0.3 is 0 Å². The molecule has 5 heteroatoms. The molecule has 0 radical (unpaired) electrons. The molecule has 1 fully saturated rings. The minimum atomic E-state index is 0.0521. The summed E-state index contributed by atoms with van der Waals surface area (Å²) in [6.45, 7) is 1.46. The molecule has 4 nitrogen and oxygen atoms in total. The number of aromatic nitrogens is 1. The molecule has 1 atom stereocenters. The van der Waals surface area contributed by atoms with Crippen molar-refractivity contribution in [2.24, 2.45) is 0 Å². The number of pyridine rings is 1. The highest BCUT2D eigenvalue weighted by atomic mass is 35.5. The van der Waals surface area contributed by atoms with E-state index in [-0.39, 0.29) is 12.0 Å². The maximum atomic E-state index is 12.5. The summed E-state index contributed by atoms with van der Waals surface area (Å²) in [5.74, 6) is 0.987. The van der Waals surface area contributed by atoms with Crippen LogP contribution in [-0.4, -0.2) is 35.0 Å². The van der Waals surface area contributed by atoms with Crippen molar-refractivity contribution < 1.29 is 9.53 Å². The molecule has 0 bridgehead atoms. The Labute approximate surface area is 147 Å². The molecule has 1 aromatic carbocycles. The van der Waals surface area contributed by atoms with E-state index >= 15 is 0 Å². The van der Waals surface area contributed by atoms with Gasteiger partial charge in [-0.25, -0.2) is 0 Å². The topological polar surface area (TPSA) is 42.4 Å². The maximum absolute atomic E-state index is 12.5. The molecular weight excluding hydrogens is 324 g/mol. The van der Waals surface area contributed by atoms with Gasteiger partial charge in [0.15, 0.2) is 0 Å². The van der Waals surface area contributed by atoms with Gasteiger partial charge in [-0.05, 0) is 49.1 Å². The summed E-state index contributed by atoms with van der Waals surface area (Å²) in [7, 11) is 0. The summed E-state index contributed by atoms with van der Waals surface area (Å²) < 4.78 is 5.96. The van der Waals surface area contributed by atoms with Crippen molar-refractivity contribution in [2.45, 2.75) is 31.8 Å². The van der Waals surface area contributed by atoms with Gasteiger partial charge in [0.25, 0.3) is 0 Å². The van der Waals surface area contributed by atoms with Crippen molar-refractivity contribution in [1.82, 2.24) is 9.88 Å². The third-order valence-electron chi connectivity index (χ3n) is 4.20. The number of carbonyl (C=O) groups is 1. The lowest BCUT2D eigenvalue weighted by atomic mass is 10.1. The van der Waals surface area contributed by atoms with Crippen LogP contribution >= 0.6 is 11.6 Å². The highest BCUT2D eigenvalue weighted by Gasteiger charge is 2.24. The van der Waals surface area contributed by atoms with Crippen LogP contribution in [0.2, 0.25) is 5.02 Å². The fourth-order valence-electron chi connectivity index (χ4n) is 2.97. The average Bonchev–Trinajstić information content (AvgIpc) is 2.61. The molecule has 2 aromatic rings. The van der Waals surface area contributed by atoms with E-state index in [1.165, 1.54) is 0 Å². The number of hydrogen-bond donors (Lipinski definition) is 0. The van der Waals surface area contributed by atoms with Crippen molar-refractivity contribution in [3.8, 4) is 5.75 Å². The number of nitrogens with zero attached hydrogens (tertiary/aromatic N) is 2. The number of likely N-dealkylation sites (tertiary alicyclic amines) is 1. The number of piperidine rings is 1. The zero-order valence-electron chi connectivity index (χ0n) is 13.5. The second kappa shape index (κ2) is 8.15. The molecule has 1 amide bonds. The lowest BCUT2D eigenvalue weighted by Crippen LogP contribution is -2.44. The van der Waals surface area contributed by atoms with Crippen LogP contribution in [0.25, 0.3) is 0 Å². The number of aryl methyl sites for hydroxylation is 1. The summed E-state index contributed by atoms with van der Waals surface area (Å²) in [5.41, 5.74) is 1.09. The van der Waals surface area contributed by atoms with E-state index in [4.69, 9.17) is 16.3 Å². The van der Waals surface area contributed by atoms with Crippen LogP contribution in [0.1, 0.15) is 24.8 Å². The Morgan fingerprint density at radius 1 is 1.29 bits per heavy atom. The van der Waals surface area contributed by atoms with Crippen LogP contribution in [0, 0.1) is 0 Å². The predicted octanol–water partition coefficient (Wildman–Crippen LogP) is 3.74. The smallest absolute Gasteiger partial charge is 0.223 e. The number of halogens is 1. The minimum Gasteiger partial charge on any atom is -0.488 e. The Bertz CT molecular complexity index is 678. The number of benzene rings is 1. The van der Waals surface area contributed by atoms with E-state index in [0.29, 0.717) is 24.4 Å². The molecule has 0 spiro atoms. The van der Waals surface area contributed by atoms with Crippen molar-refractivity contribution in [3.05, 3.63) is 59.4 Å². The first-order valence-corrected chi connectivity index (χ1v) is 8.67. The molecule has 0 aliphatic carbocycles. The second-order valence-electron chi connectivity index (χ2n) is 6.03. The molecule has 1 aromatic heterocycles. The number of amides is 1. The normalized spacial score (nSPS) is 17.5. The molecule has 1 aliphatic heterocycles. The molecule has 126 valence electrons. The van der Waals surface area contributed by atoms with Crippen molar-refractivity contribution in [2.75, 3.05) is 13.1 Å². The van der Waals surface area contributed by atoms with Gasteiger partial charge in [0.1, 0.15) is 11.9 Å². The van der Waals surface area contributed by atoms with Crippen LogP contribution in [-0.2, 0) is 11.2 Å². The first kappa shape index (κ1) is 16.8. The van der Waals surface area contributed by atoms with E-state index in [9.17, 15) is 4.79 Å². The molecule has 3 rings (SSSR count). The van der Waals surface area contributed by atoms with Gasteiger partial charge in [-0.15, -0.1) is 0 Å². The monoisotopic (exact) mass is 344 g/mol. The standard InChI is InChI=1S/C19H21ClN2O2/c20-16-4-1-3-15(13-16)6-7-19(23)22-12-2-5-18(14-22)24-17-8-10-21-11-9-17/h1,3-4,8-11,13,18H,2,5-7,12,14H2/t18-/m0/s1. The fraction of sp³-hybridized carbons (Fsp3) is 0.368. The Morgan fingerprint density at radius 2 is 2.12 bits per heavy atom. The Morgan fingerprint density at radius 3 is 2.92 bits per heavy atom.